The monoisotopic (exact) mass is 389 g/mol. The lowest BCUT2D eigenvalue weighted by Crippen LogP contribution is -2.27. The number of benzene rings is 1. The maximum absolute atomic E-state index is 12.4. The summed E-state index contributed by atoms with van der Waals surface area (Å²) in [5.41, 5.74) is 12.5. The number of anilines is 2. The Hall–Kier alpha value is -3.40. The Kier molecular flexibility index (Phi) is 4.82. The molecule has 0 atom stereocenters. The number of aromatic carboxylic acids is 1. The lowest BCUT2D eigenvalue weighted by atomic mass is 10.2. The van der Waals surface area contributed by atoms with E-state index in [0.717, 1.165) is 0 Å². The van der Waals surface area contributed by atoms with E-state index in [9.17, 15) is 9.59 Å². The predicted octanol–water partition coefficient (Wildman–Crippen LogP) is 1.29. The molecule has 0 fully saturated rings. The average Bonchev–Trinajstić information content (AvgIpc) is 2.99. The van der Waals surface area contributed by atoms with Crippen molar-refractivity contribution in [1.82, 2.24) is 24.8 Å². The molecule has 0 aliphatic carbocycles. The summed E-state index contributed by atoms with van der Waals surface area (Å²) in [5.74, 6) is -1.25. The molecule has 0 aliphatic rings. The average molecular weight is 390 g/mol. The molecule has 3 aromatic rings. The third-order valence-electron chi connectivity index (χ3n) is 3.92. The summed E-state index contributed by atoms with van der Waals surface area (Å²) >= 11 is 5.79. The van der Waals surface area contributed by atoms with E-state index < -0.39 is 11.9 Å². The summed E-state index contributed by atoms with van der Waals surface area (Å²) in [4.78, 5) is 35.6. The molecule has 1 aromatic carbocycles. The van der Waals surface area contributed by atoms with Crippen LogP contribution in [0.15, 0.2) is 18.2 Å². The maximum atomic E-state index is 12.4. The van der Waals surface area contributed by atoms with Crippen LogP contribution in [0, 0.1) is 0 Å². The van der Waals surface area contributed by atoms with Gasteiger partial charge in [-0.1, -0.05) is 11.6 Å². The van der Waals surface area contributed by atoms with Crippen LogP contribution in [-0.4, -0.2) is 36.5 Å². The molecule has 6 N–H and O–H groups in total. The first-order valence-electron chi connectivity index (χ1n) is 7.91. The van der Waals surface area contributed by atoms with Gasteiger partial charge in [-0.3, -0.25) is 4.79 Å². The van der Waals surface area contributed by atoms with Crippen LogP contribution >= 0.6 is 11.6 Å². The molecular formula is C16H16ClN7O3. The SMILES string of the molecule is CCn1c(CNC(=O)c2nc(Cl)c(N)nc2N)nc2ccc(C(=O)O)cc21. The first-order valence-corrected chi connectivity index (χ1v) is 8.28. The van der Waals surface area contributed by atoms with Crippen molar-refractivity contribution in [3.05, 3.63) is 40.4 Å². The van der Waals surface area contributed by atoms with Gasteiger partial charge in [-0.25, -0.2) is 19.7 Å². The molecule has 0 unspecified atom stereocenters. The van der Waals surface area contributed by atoms with Crippen molar-refractivity contribution in [2.24, 2.45) is 0 Å². The summed E-state index contributed by atoms with van der Waals surface area (Å²) in [7, 11) is 0. The minimum Gasteiger partial charge on any atom is -0.478 e. The van der Waals surface area contributed by atoms with E-state index in [1.54, 1.807) is 12.1 Å². The second-order valence-corrected chi connectivity index (χ2v) is 5.96. The molecule has 11 heteroatoms. The fourth-order valence-corrected chi connectivity index (χ4v) is 2.77. The Balaban J connectivity index is 1.87. The van der Waals surface area contributed by atoms with Gasteiger partial charge in [0.2, 0.25) is 0 Å². The van der Waals surface area contributed by atoms with Crippen LogP contribution in [0.1, 0.15) is 33.6 Å². The summed E-state index contributed by atoms with van der Waals surface area (Å²) < 4.78 is 1.81. The van der Waals surface area contributed by atoms with Crippen molar-refractivity contribution in [1.29, 1.82) is 0 Å². The smallest absolute Gasteiger partial charge is 0.335 e. The van der Waals surface area contributed by atoms with Crippen molar-refractivity contribution in [2.45, 2.75) is 20.0 Å². The Labute approximate surface area is 158 Å². The van der Waals surface area contributed by atoms with Gasteiger partial charge in [0.05, 0.1) is 23.1 Å². The number of nitrogens with two attached hydrogens (primary N) is 2. The number of carboxylic acid groups (broad SMARTS) is 1. The van der Waals surface area contributed by atoms with E-state index in [2.05, 4.69) is 20.3 Å². The number of nitrogens with one attached hydrogen (secondary N) is 1. The fraction of sp³-hybridized carbons (Fsp3) is 0.188. The van der Waals surface area contributed by atoms with Gasteiger partial charge in [0.25, 0.3) is 5.91 Å². The van der Waals surface area contributed by atoms with E-state index in [1.165, 1.54) is 6.07 Å². The second kappa shape index (κ2) is 7.08. The van der Waals surface area contributed by atoms with E-state index >= 15 is 0 Å². The van der Waals surface area contributed by atoms with Gasteiger partial charge < -0.3 is 26.5 Å². The lowest BCUT2D eigenvalue weighted by molar-refractivity contribution is 0.0696. The number of carboxylic acids is 1. The standard InChI is InChI=1S/C16H16ClN7O3/c1-2-24-9-5-7(16(26)27)3-4-8(9)21-10(24)6-20-15(25)11-13(18)23-14(19)12(17)22-11/h3-5H,2,6H2,1H3,(H,20,25)(H,26,27)(H4,18,19,23). The first-order chi connectivity index (χ1) is 12.8. The topological polar surface area (TPSA) is 162 Å². The van der Waals surface area contributed by atoms with Crippen molar-refractivity contribution in [2.75, 3.05) is 11.5 Å². The molecule has 140 valence electrons. The molecule has 0 bridgehead atoms. The number of carbonyl (C=O) groups excluding carboxylic acids is 1. The molecule has 1 amide bonds. The van der Waals surface area contributed by atoms with Gasteiger partial charge >= 0.3 is 5.97 Å². The molecule has 0 saturated heterocycles. The largest absolute Gasteiger partial charge is 0.478 e. The number of fused-ring (bicyclic) bond motifs is 1. The quantitative estimate of drug-likeness (QED) is 0.507. The number of aromatic nitrogens is 4. The molecule has 0 radical (unpaired) electrons. The summed E-state index contributed by atoms with van der Waals surface area (Å²) in [5, 5.41) is 11.7. The molecular weight excluding hydrogens is 374 g/mol. The highest BCUT2D eigenvalue weighted by Crippen LogP contribution is 2.20. The molecule has 2 aromatic heterocycles. The molecule has 0 saturated carbocycles. The van der Waals surface area contributed by atoms with Crippen molar-refractivity contribution >= 4 is 46.1 Å². The number of aryl methyl sites for hydroxylation is 1. The van der Waals surface area contributed by atoms with Gasteiger partial charge in [-0.2, -0.15) is 0 Å². The number of rotatable bonds is 5. The summed E-state index contributed by atoms with van der Waals surface area (Å²) in [6.45, 7) is 2.51. The first kappa shape index (κ1) is 18.4. The number of halogens is 1. The van der Waals surface area contributed by atoms with Gasteiger partial charge in [0.1, 0.15) is 5.82 Å². The number of nitrogens with zero attached hydrogens (tertiary/aromatic N) is 4. The molecule has 27 heavy (non-hydrogen) atoms. The van der Waals surface area contributed by atoms with E-state index in [-0.39, 0.29) is 34.6 Å². The highest BCUT2D eigenvalue weighted by atomic mass is 35.5. The maximum Gasteiger partial charge on any atom is 0.335 e. The van der Waals surface area contributed by atoms with Crippen LogP contribution in [-0.2, 0) is 13.1 Å². The zero-order chi connectivity index (χ0) is 19.7. The zero-order valence-electron chi connectivity index (χ0n) is 14.2. The molecule has 3 rings (SSSR count). The Morgan fingerprint density at radius 2 is 1.96 bits per heavy atom. The van der Waals surface area contributed by atoms with E-state index in [0.29, 0.717) is 23.4 Å². The number of hydrogen-bond acceptors (Lipinski definition) is 7. The Bertz CT molecular complexity index is 1060. The Morgan fingerprint density at radius 1 is 1.22 bits per heavy atom. The highest BCUT2D eigenvalue weighted by Gasteiger charge is 2.18. The van der Waals surface area contributed by atoms with Crippen LogP contribution in [0.3, 0.4) is 0 Å². The van der Waals surface area contributed by atoms with E-state index in [4.69, 9.17) is 28.2 Å². The van der Waals surface area contributed by atoms with Crippen molar-refractivity contribution in [3.63, 3.8) is 0 Å². The van der Waals surface area contributed by atoms with Gasteiger partial charge in [0.15, 0.2) is 22.5 Å². The van der Waals surface area contributed by atoms with Crippen LogP contribution in [0.5, 0.6) is 0 Å². The molecule has 10 nitrogen and oxygen atoms in total. The number of hydrogen-bond donors (Lipinski definition) is 4. The Morgan fingerprint density at radius 3 is 2.63 bits per heavy atom. The summed E-state index contributed by atoms with van der Waals surface area (Å²) in [6.07, 6.45) is 0. The van der Waals surface area contributed by atoms with Crippen molar-refractivity contribution in [3.8, 4) is 0 Å². The molecule has 0 aliphatic heterocycles. The normalized spacial score (nSPS) is 10.9. The van der Waals surface area contributed by atoms with Crippen LogP contribution in [0.4, 0.5) is 11.6 Å². The second-order valence-electron chi connectivity index (χ2n) is 5.60. The summed E-state index contributed by atoms with van der Waals surface area (Å²) in [6, 6.07) is 4.65. The van der Waals surface area contributed by atoms with Gasteiger partial charge in [0, 0.05) is 6.54 Å². The zero-order valence-corrected chi connectivity index (χ0v) is 15.0. The van der Waals surface area contributed by atoms with Crippen LogP contribution < -0.4 is 16.8 Å². The van der Waals surface area contributed by atoms with Crippen LogP contribution in [0.25, 0.3) is 11.0 Å². The number of carbonyl (C=O) groups is 2. The van der Waals surface area contributed by atoms with Crippen LogP contribution in [0.2, 0.25) is 5.15 Å². The van der Waals surface area contributed by atoms with Gasteiger partial charge in [-0.15, -0.1) is 0 Å². The predicted molar refractivity (Wildman–Crippen MR) is 99.4 cm³/mol. The van der Waals surface area contributed by atoms with Crippen molar-refractivity contribution < 1.29 is 14.7 Å². The highest BCUT2D eigenvalue weighted by molar-refractivity contribution is 6.31. The number of imidazole rings is 1. The minimum absolute atomic E-state index is 0.0623. The van der Waals surface area contributed by atoms with E-state index in [1.807, 2.05) is 11.5 Å². The molecule has 2 heterocycles. The lowest BCUT2D eigenvalue weighted by Gasteiger charge is -2.09. The minimum atomic E-state index is -1.02. The number of nitrogen functional groups attached to an aromatic ring is 2. The molecule has 0 spiro atoms. The third-order valence-corrected chi connectivity index (χ3v) is 4.20. The third kappa shape index (κ3) is 3.47. The number of amides is 1. The van der Waals surface area contributed by atoms with Gasteiger partial charge in [-0.05, 0) is 25.1 Å². The fourth-order valence-electron chi connectivity index (χ4n) is 2.65.